The van der Waals surface area contributed by atoms with E-state index in [1.165, 1.54) is 49.9 Å². The van der Waals surface area contributed by atoms with Gasteiger partial charge in [0.1, 0.15) is 0 Å². The average Bonchev–Trinajstić information content (AvgIpc) is 3.46. The van der Waals surface area contributed by atoms with Crippen molar-refractivity contribution < 1.29 is 4.79 Å². The van der Waals surface area contributed by atoms with Crippen molar-refractivity contribution in [3.63, 3.8) is 0 Å². The summed E-state index contributed by atoms with van der Waals surface area (Å²) in [5, 5.41) is 3.52. The number of nitrogens with one attached hydrogen (secondary N) is 1. The van der Waals surface area contributed by atoms with Crippen LogP contribution < -0.4 is 5.32 Å². The number of hydrogen-bond donors (Lipinski definition) is 1. The van der Waals surface area contributed by atoms with Crippen molar-refractivity contribution in [2.75, 3.05) is 13.1 Å². The maximum atomic E-state index is 13.3. The van der Waals surface area contributed by atoms with Crippen LogP contribution in [0.25, 0.3) is 0 Å². The number of rotatable bonds is 5. The Labute approximate surface area is 202 Å². The molecule has 4 aliphatic rings. The maximum Gasteiger partial charge on any atom is 0.251 e. The van der Waals surface area contributed by atoms with Gasteiger partial charge in [-0.2, -0.15) is 0 Å². The van der Waals surface area contributed by atoms with Crippen LogP contribution in [0.5, 0.6) is 0 Å². The van der Waals surface area contributed by atoms with Crippen LogP contribution in [0.15, 0.2) is 85.2 Å². The number of hydrogen-bond acceptors (Lipinski definition) is 3. The maximum absolute atomic E-state index is 13.3. The lowest BCUT2D eigenvalue weighted by atomic mass is 9.51. The Morgan fingerprint density at radius 3 is 1.91 bits per heavy atom. The van der Waals surface area contributed by atoms with Gasteiger partial charge in [0, 0.05) is 29.5 Å². The molecule has 0 spiro atoms. The highest BCUT2D eigenvalue weighted by Crippen LogP contribution is 2.60. The van der Waals surface area contributed by atoms with Crippen LogP contribution in [-0.2, 0) is 0 Å². The van der Waals surface area contributed by atoms with Crippen LogP contribution in [0.1, 0.15) is 65.4 Å². The molecule has 2 heterocycles. The van der Waals surface area contributed by atoms with Crippen molar-refractivity contribution in [2.24, 2.45) is 5.92 Å². The summed E-state index contributed by atoms with van der Waals surface area (Å²) in [7, 11) is 0. The van der Waals surface area contributed by atoms with Gasteiger partial charge in [-0.25, -0.2) is 0 Å². The fourth-order valence-corrected chi connectivity index (χ4v) is 7.29. The highest BCUT2D eigenvalue weighted by atomic mass is 16.1. The molecule has 174 valence electrons. The molecule has 1 N–H and O–H groups in total. The fraction of sp³-hybridized carbons (Fsp3) is 0.400. The standard InChI is InChI=1S/C30H33N3O/c34-29(24-13-15-31-16-14-24)32-27-21-30(33-17-7-8-18-33)19-25(22-9-3-1-4-10-22)28(27)26(20-30)23-11-5-2-6-12-23/h1-6,9-16,25-28H,7-8,17-21H2,(H,32,34). The van der Waals surface area contributed by atoms with Crippen LogP contribution in [-0.4, -0.2) is 40.5 Å². The van der Waals surface area contributed by atoms with Crippen molar-refractivity contribution in [3.8, 4) is 0 Å². The molecule has 3 aromatic rings. The van der Waals surface area contributed by atoms with Crippen LogP contribution in [0.2, 0.25) is 0 Å². The fourth-order valence-electron chi connectivity index (χ4n) is 7.29. The van der Waals surface area contributed by atoms with E-state index in [0.29, 0.717) is 23.3 Å². The largest absolute Gasteiger partial charge is 0.349 e. The summed E-state index contributed by atoms with van der Waals surface area (Å²) in [6.07, 6.45) is 9.39. The van der Waals surface area contributed by atoms with Gasteiger partial charge >= 0.3 is 0 Å². The summed E-state index contributed by atoms with van der Waals surface area (Å²) >= 11 is 0. The summed E-state index contributed by atoms with van der Waals surface area (Å²) in [5.41, 5.74) is 3.65. The van der Waals surface area contributed by atoms with Crippen molar-refractivity contribution in [2.45, 2.75) is 55.5 Å². The van der Waals surface area contributed by atoms with E-state index in [9.17, 15) is 4.79 Å². The lowest BCUT2D eigenvalue weighted by molar-refractivity contribution is -0.0428. The van der Waals surface area contributed by atoms with E-state index in [0.717, 1.165) is 6.42 Å². The third-order valence-electron chi connectivity index (χ3n) is 8.68. The molecule has 4 heteroatoms. The zero-order valence-corrected chi connectivity index (χ0v) is 19.6. The Balaban J connectivity index is 1.43. The molecule has 2 bridgehead atoms. The van der Waals surface area contributed by atoms with E-state index in [2.05, 4.69) is 75.9 Å². The molecule has 2 aromatic carbocycles. The summed E-state index contributed by atoms with van der Waals surface area (Å²) < 4.78 is 0. The summed E-state index contributed by atoms with van der Waals surface area (Å²) in [6.45, 7) is 2.36. The molecule has 1 amide bonds. The first-order valence-corrected chi connectivity index (χ1v) is 12.8. The monoisotopic (exact) mass is 451 g/mol. The molecule has 0 radical (unpaired) electrons. The van der Waals surface area contributed by atoms with Crippen molar-refractivity contribution >= 4 is 5.91 Å². The van der Waals surface area contributed by atoms with E-state index < -0.39 is 0 Å². The average molecular weight is 452 g/mol. The molecule has 3 unspecified atom stereocenters. The van der Waals surface area contributed by atoms with E-state index in [-0.39, 0.29) is 17.5 Å². The molecule has 3 aliphatic carbocycles. The zero-order chi connectivity index (χ0) is 23.0. The Hall–Kier alpha value is -2.98. The summed E-state index contributed by atoms with van der Waals surface area (Å²) in [5.74, 6) is 1.25. The quantitative estimate of drug-likeness (QED) is 0.565. The zero-order valence-electron chi connectivity index (χ0n) is 19.6. The predicted octanol–water partition coefficient (Wildman–Crippen LogP) is 5.40. The number of fused-ring (bicyclic) bond motifs is 3. The van der Waals surface area contributed by atoms with Gasteiger partial charge in [0.2, 0.25) is 0 Å². The van der Waals surface area contributed by atoms with Crippen molar-refractivity contribution in [1.82, 2.24) is 15.2 Å². The Bertz CT molecular complexity index is 1060. The van der Waals surface area contributed by atoms with E-state index in [1.54, 1.807) is 12.4 Å². The Morgan fingerprint density at radius 1 is 0.794 bits per heavy atom. The topological polar surface area (TPSA) is 45.2 Å². The van der Waals surface area contributed by atoms with E-state index in [1.807, 2.05) is 12.1 Å². The van der Waals surface area contributed by atoms with Gasteiger partial charge in [0.05, 0.1) is 0 Å². The number of pyridine rings is 1. The number of amides is 1. The highest BCUT2D eigenvalue weighted by Gasteiger charge is 2.58. The van der Waals surface area contributed by atoms with Crippen LogP contribution >= 0.6 is 0 Å². The Morgan fingerprint density at radius 2 is 1.35 bits per heavy atom. The molecule has 4 fully saturated rings. The van der Waals surface area contributed by atoms with Crippen LogP contribution in [0, 0.1) is 5.92 Å². The van der Waals surface area contributed by atoms with Gasteiger partial charge in [0.15, 0.2) is 0 Å². The van der Waals surface area contributed by atoms with E-state index >= 15 is 0 Å². The van der Waals surface area contributed by atoms with Gasteiger partial charge in [-0.3, -0.25) is 14.7 Å². The number of nitrogens with zero attached hydrogens (tertiary/aromatic N) is 2. The SMILES string of the molecule is O=C(NC1CC2(N3CCCC3)CC(c3ccccc3)C1C(c1ccccc1)C2)c1ccncc1. The third-order valence-corrected chi connectivity index (χ3v) is 8.68. The summed E-state index contributed by atoms with van der Waals surface area (Å²) in [4.78, 5) is 20.2. The smallest absolute Gasteiger partial charge is 0.251 e. The number of aromatic nitrogens is 1. The minimum Gasteiger partial charge on any atom is -0.349 e. The van der Waals surface area contributed by atoms with Crippen LogP contribution in [0.4, 0.5) is 0 Å². The minimum absolute atomic E-state index is 0.0233. The molecule has 4 nitrogen and oxygen atoms in total. The molecular formula is C30H33N3O. The molecule has 3 saturated carbocycles. The lowest BCUT2D eigenvalue weighted by Crippen LogP contribution is -2.65. The lowest BCUT2D eigenvalue weighted by Gasteiger charge is -2.61. The highest BCUT2D eigenvalue weighted by molar-refractivity contribution is 5.94. The first-order chi connectivity index (χ1) is 16.7. The van der Waals surface area contributed by atoms with Gasteiger partial charge in [-0.05, 0) is 86.2 Å². The molecule has 1 saturated heterocycles. The van der Waals surface area contributed by atoms with Gasteiger partial charge in [-0.15, -0.1) is 0 Å². The van der Waals surface area contributed by atoms with Crippen molar-refractivity contribution in [3.05, 3.63) is 102 Å². The van der Waals surface area contributed by atoms with Gasteiger partial charge in [-0.1, -0.05) is 60.7 Å². The summed E-state index contributed by atoms with van der Waals surface area (Å²) in [6, 6.07) is 25.9. The minimum atomic E-state index is 0.0233. The number of benzene rings is 2. The van der Waals surface area contributed by atoms with Crippen LogP contribution in [0.3, 0.4) is 0 Å². The number of carbonyl (C=O) groups excluding carboxylic acids is 1. The molecule has 7 rings (SSSR count). The first kappa shape index (κ1) is 21.5. The van der Waals surface area contributed by atoms with Crippen molar-refractivity contribution in [1.29, 1.82) is 0 Å². The molecule has 34 heavy (non-hydrogen) atoms. The normalized spacial score (nSPS) is 30.8. The second-order valence-electron chi connectivity index (χ2n) is 10.5. The van der Waals surface area contributed by atoms with E-state index in [4.69, 9.17) is 0 Å². The molecule has 1 aromatic heterocycles. The van der Waals surface area contributed by atoms with Gasteiger partial charge in [0.25, 0.3) is 5.91 Å². The first-order valence-electron chi connectivity index (χ1n) is 12.8. The number of carbonyl (C=O) groups is 1. The van der Waals surface area contributed by atoms with Gasteiger partial charge < -0.3 is 5.32 Å². The molecular weight excluding hydrogens is 418 g/mol. The third kappa shape index (κ3) is 3.84. The second kappa shape index (κ2) is 8.99. The molecule has 3 atom stereocenters. The molecule has 1 aliphatic heterocycles. The predicted molar refractivity (Wildman–Crippen MR) is 135 cm³/mol. The second-order valence-corrected chi connectivity index (χ2v) is 10.5. The number of likely N-dealkylation sites (tertiary alicyclic amines) is 1. The Kier molecular flexibility index (Phi) is 5.70.